The zero-order valence-corrected chi connectivity index (χ0v) is 11.5. The zero-order valence-electron chi connectivity index (χ0n) is 11.5. The summed E-state index contributed by atoms with van der Waals surface area (Å²) < 4.78 is 5.34. The summed E-state index contributed by atoms with van der Waals surface area (Å²) >= 11 is 0. The maximum absolute atomic E-state index is 12.2. The van der Waals surface area contributed by atoms with E-state index in [0.717, 1.165) is 11.3 Å². The SMILES string of the molecule is CCN(C(=O)Oc1ccccc1)c1ccc(CN)cc1. The molecule has 2 aromatic rings. The summed E-state index contributed by atoms with van der Waals surface area (Å²) in [5.74, 6) is 0.537. The Kier molecular flexibility index (Phi) is 4.74. The summed E-state index contributed by atoms with van der Waals surface area (Å²) in [4.78, 5) is 13.8. The fraction of sp³-hybridized carbons (Fsp3) is 0.188. The van der Waals surface area contributed by atoms with Crippen molar-refractivity contribution in [2.45, 2.75) is 13.5 Å². The molecule has 0 spiro atoms. The topological polar surface area (TPSA) is 55.6 Å². The van der Waals surface area contributed by atoms with Crippen LogP contribution in [0.3, 0.4) is 0 Å². The largest absolute Gasteiger partial charge is 0.419 e. The van der Waals surface area contributed by atoms with E-state index in [2.05, 4.69) is 0 Å². The minimum Gasteiger partial charge on any atom is -0.410 e. The first-order valence-electron chi connectivity index (χ1n) is 6.58. The highest BCUT2D eigenvalue weighted by Gasteiger charge is 2.15. The molecule has 0 aromatic heterocycles. The van der Waals surface area contributed by atoms with Crippen LogP contribution >= 0.6 is 0 Å². The van der Waals surface area contributed by atoms with Crippen molar-refractivity contribution in [3.63, 3.8) is 0 Å². The van der Waals surface area contributed by atoms with E-state index in [1.807, 2.05) is 49.4 Å². The van der Waals surface area contributed by atoms with Gasteiger partial charge in [0.05, 0.1) is 0 Å². The summed E-state index contributed by atoms with van der Waals surface area (Å²) in [6.45, 7) is 2.93. The molecule has 0 fully saturated rings. The molecule has 0 aliphatic heterocycles. The van der Waals surface area contributed by atoms with Crippen molar-refractivity contribution < 1.29 is 9.53 Å². The van der Waals surface area contributed by atoms with Crippen molar-refractivity contribution in [1.29, 1.82) is 0 Å². The molecule has 0 saturated heterocycles. The molecule has 2 aromatic carbocycles. The Balaban J connectivity index is 2.12. The van der Waals surface area contributed by atoms with E-state index in [9.17, 15) is 4.79 Å². The van der Waals surface area contributed by atoms with Crippen LogP contribution in [0, 0.1) is 0 Å². The second-order valence-electron chi connectivity index (χ2n) is 4.30. The lowest BCUT2D eigenvalue weighted by atomic mass is 10.2. The third-order valence-corrected chi connectivity index (χ3v) is 2.97. The lowest BCUT2D eigenvalue weighted by Crippen LogP contribution is -2.33. The highest BCUT2D eigenvalue weighted by atomic mass is 16.6. The first-order valence-corrected chi connectivity index (χ1v) is 6.58. The number of carbonyl (C=O) groups is 1. The smallest absolute Gasteiger partial charge is 0.410 e. The van der Waals surface area contributed by atoms with Gasteiger partial charge in [0.2, 0.25) is 0 Å². The molecule has 0 aliphatic carbocycles. The third kappa shape index (κ3) is 3.36. The Morgan fingerprint density at radius 1 is 1.10 bits per heavy atom. The molecule has 4 nitrogen and oxygen atoms in total. The Morgan fingerprint density at radius 3 is 2.30 bits per heavy atom. The molecule has 20 heavy (non-hydrogen) atoms. The van der Waals surface area contributed by atoms with Crippen molar-refractivity contribution in [3.05, 3.63) is 60.2 Å². The average Bonchev–Trinajstić information content (AvgIpc) is 2.49. The van der Waals surface area contributed by atoms with Crippen LogP contribution in [0.1, 0.15) is 12.5 Å². The molecule has 0 atom stereocenters. The lowest BCUT2D eigenvalue weighted by molar-refractivity contribution is 0.208. The van der Waals surface area contributed by atoms with E-state index in [-0.39, 0.29) is 6.09 Å². The van der Waals surface area contributed by atoms with Crippen LogP contribution in [0.2, 0.25) is 0 Å². The Bertz CT molecular complexity index is 552. The van der Waals surface area contributed by atoms with E-state index in [1.54, 1.807) is 17.0 Å². The molecular weight excluding hydrogens is 252 g/mol. The number of amides is 1. The molecule has 0 aliphatic rings. The Hall–Kier alpha value is -2.33. The highest BCUT2D eigenvalue weighted by Crippen LogP contribution is 2.18. The number of nitrogens with zero attached hydrogens (tertiary/aromatic N) is 1. The normalized spacial score (nSPS) is 10.1. The molecule has 2 N–H and O–H groups in total. The second kappa shape index (κ2) is 6.73. The molecule has 0 unspecified atom stereocenters. The standard InChI is InChI=1S/C16H18N2O2/c1-2-18(14-10-8-13(12-17)9-11-14)16(19)20-15-6-4-3-5-7-15/h3-11H,2,12,17H2,1H3. The van der Waals surface area contributed by atoms with Crippen LogP contribution in [-0.2, 0) is 6.54 Å². The number of benzene rings is 2. The fourth-order valence-corrected chi connectivity index (χ4v) is 1.87. The van der Waals surface area contributed by atoms with Crippen LogP contribution in [0.15, 0.2) is 54.6 Å². The Morgan fingerprint density at radius 2 is 1.75 bits per heavy atom. The molecule has 104 valence electrons. The van der Waals surface area contributed by atoms with E-state index >= 15 is 0 Å². The fourth-order valence-electron chi connectivity index (χ4n) is 1.87. The van der Waals surface area contributed by atoms with Crippen LogP contribution < -0.4 is 15.4 Å². The second-order valence-corrected chi connectivity index (χ2v) is 4.30. The van der Waals surface area contributed by atoms with Crippen molar-refractivity contribution >= 4 is 11.8 Å². The Labute approximate surface area is 118 Å². The number of rotatable bonds is 4. The van der Waals surface area contributed by atoms with E-state index in [0.29, 0.717) is 18.8 Å². The van der Waals surface area contributed by atoms with Gasteiger partial charge in [-0.25, -0.2) is 4.79 Å². The van der Waals surface area contributed by atoms with Crippen molar-refractivity contribution in [2.75, 3.05) is 11.4 Å². The van der Waals surface area contributed by atoms with Gasteiger partial charge in [0.25, 0.3) is 0 Å². The predicted octanol–water partition coefficient (Wildman–Crippen LogP) is 3.17. The quantitative estimate of drug-likeness (QED) is 0.928. The van der Waals surface area contributed by atoms with Gasteiger partial charge in [-0.3, -0.25) is 4.90 Å². The summed E-state index contributed by atoms with van der Waals surface area (Å²) in [7, 11) is 0. The number of para-hydroxylation sites is 1. The summed E-state index contributed by atoms with van der Waals surface area (Å²) in [5, 5.41) is 0. The monoisotopic (exact) mass is 270 g/mol. The van der Waals surface area contributed by atoms with E-state index in [1.165, 1.54) is 0 Å². The van der Waals surface area contributed by atoms with Gasteiger partial charge in [-0.05, 0) is 36.8 Å². The molecule has 1 amide bonds. The minimum atomic E-state index is -0.390. The molecule has 0 radical (unpaired) electrons. The first-order chi connectivity index (χ1) is 9.74. The zero-order chi connectivity index (χ0) is 14.4. The first kappa shape index (κ1) is 14.1. The minimum absolute atomic E-state index is 0.390. The van der Waals surface area contributed by atoms with Gasteiger partial charge in [-0.15, -0.1) is 0 Å². The number of hydrogen-bond donors (Lipinski definition) is 1. The summed E-state index contributed by atoms with van der Waals surface area (Å²) in [5.41, 5.74) is 7.39. The molecule has 0 heterocycles. The van der Waals surface area contributed by atoms with Crippen LogP contribution in [-0.4, -0.2) is 12.6 Å². The molecule has 0 saturated carbocycles. The molecule has 2 rings (SSSR count). The van der Waals surface area contributed by atoms with Crippen molar-refractivity contribution in [2.24, 2.45) is 5.73 Å². The molecule has 4 heteroatoms. The van der Waals surface area contributed by atoms with Crippen molar-refractivity contribution in [3.8, 4) is 5.75 Å². The maximum atomic E-state index is 12.2. The van der Waals surface area contributed by atoms with Crippen LogP contribution in [0.4, 0.5) is 10.5 Å². The average molecular weight is 270 g/mol. The number of carbonyl (C=O) groups excluding carboxylic acids is 1. The van der Waals surface area contributed by atoms with Gasteiger partial charge in [-0.1, -0.05) is 30.3 Å². The van der Waals surface area contributed by atoms with Gasteiger partial charge < -0.3 is 10.5 Å². The number of ether oxygens (including phenoxy) is 1. The van der Waals surface area contributed by atoms with Crippen LogP contribution in [0.5, 0.6) is 5.75 Å². The van der Waals surface area contributed by atoms with Gasteiger partial charge >= 0.3 is 6.09 Å². The number of nitrogens with two attached hydrogens (primary N) is 1. The van der Waals surface area contributed by atoms with Gasteiger partial charge in [0.1, 0.15) is 5.75 Å². The van der Waals surface area contributed by atoms with E-state index < -0.39 is 0 Å². The summed E-state index contributed by atoms with van der Waals surface area (Å²) in [6.07, 6.45) is -0.390. The number of hydrogen-bond acceptors (Lipinski definition) is 3. The highest BCUT2D eigenvalue weighted by molar-refractivity contribution is 5.89. The van der Waals surface area contributed by atoms with Gasteiger partial charge in [0, 0.05) is 18.8 Å². The van der Waals surface area contributed by atoms with E-state index in [4.69, 9.17) is 10.5 Å². The van der Waals surface area contributed by atoms with Crippen molar-refractivity contribution in [1.82, 2.24) is 0 Å². The summed E-state index contributed by atoms with van der Waals surface area (Å²) in [6, 6.07) is 16.6. The lowest BCUT2D eigenvalue weighted by Gasteiger charge is -2.20. The number of anilines is 1. The van der Waals surface area contributed by atoms with Gasteiger partial charge in [-0.2, -0.15) is 0 Å². The molecular formula is C16H18N2O2. The predicted molar refractivity (Wildman–Crippen MR) is 79.8 cm³/mol. The third-order valence-electron chi connectivity index (χ3n) is 2.97. The maximum Gasteiger partial charge on any atom is 0.419 e. The van der Waals surface area contributed by atoms with Gasteiger partial charge in [0.15, 0.2) is 0 Å². The van der Waals surface area contributed by atoms with Crippen LogP contribution in [0.25, 0.3) is 0 Å². The molecule has 0 bridgehead atoms.